The lowest BCUT2D eigenvalue weighted by Crippen LogP contribution is -2.18. The number of ether oxygens (including phenoxy) is 1. The fraction of sp³-hybridized carbons (Fsp3) is 0.556. The van der Waals surface area contributed by atoms with Gasteiger partial charge in [-0.2, -0.15) is 9.64 Å². The van der Waals surface area contributed by atoms with Crippen molar-refractivity contribution in [3.05, 3.63) is 10.7 Å². The number of rotatable bonds is 6. The second-order valence-corrected chi connectivity index (χ2v) is 4.25. The van der Waals surface area contributed by atoms with Gasteiger partial charge in [-0.3, -0.25) is 0 Å². The van der Waals surface area contributed by atoms with E-state index < -0.39 is 6.10 Å². The summed E-state index contributed by atoms with van der Waals surface area (Å²) in [4.78, 5) is 0. The highest BCUT2D eigenvalue weighted by Gasteiger charge is 2.11. The number of nitriles is 1. The molecule has 1 aromatic heterocycles. The SMILES string of the molecule is COCC(O)CCNc1snc(Cl)c1C#N. The van der Waals surface area contributed by atoms with Gasteiger partial charge in [0.15, 0.2) is 5.15 Å². The predicted molar refractivity (Wildman–Crippen MR) is 62.8 cm³/mol. The molecule has 5 nitrogen and oxygen atoms in total. The Hall–Kier alpha value is -0.870. The van der Waals surface area contributed by atoms with E-state index in [4.69, 9.17) is 21.6 Å². The third kappa shape index (κ3) is 3.61. The van der Waals surface area contributed by atoms with E-state index in [2.05, 4.69) is 9.69 Å². The van der Waals surface area contributed by atoms with Crippen molar-refractivity contribution in [2.75, 3.05) is 25.6 Å². The van der Waals surface area contributed by atoms with E-state index in [-0.39, 0.29) is 5.15 Å². The van der Waals surface area contributed by atoms with E-state index in [0.29, 0.717) is 30.1 Å². The van der Waals surface area contributed by atoms with E-state index in [1.165, 1.54) is 7.11 Å². The summed E-state index contributed by atoms with van der Waals surface area (Å²) in [6, 6.07) is 1.97. The zero-order valence-corrected chi connectivity index (χ0v) is 10.3. The van der Waals surface area contributed by atoms with Crippen LogP contribution in [0.2, 0.25) is 5.15 Å². The largest absolute Gasteiger partial charge is 0.391 e. The standard InChI is InChI=1S/C9H12ClN3O2S/c1-15-5-6(14)2-3-12-9-7(4-11)8(10)13-16-9/h6,12,14H,2-3,5H2,1H3. The maximum Gasteiger partial charge on any atom is 0.162 e. The Labute approximate surface area is 103 Å². The molecule has 16 heavy (non-hydrogen) atoms. The Morgan fingerprint density at radius 2 is 2.50 bits per heavy atom. The van der Waals surface area contributed by atoms with Crippen molar-refractivity contribution < 1.29 is 9.84 Å². The predicted octanol–water partition coefficient (Wildman–Crippen LogP) is 1.48. The van der Waals surface area contributed by atoms with Gasteiger partial charge >= 0.3 is 0 Å². The van der Waals surface area contributed by atoms with E-state index >= 15 is 0 Å². The van der Waals surface area contributed by atoms with Gasteiger partial charge in [-0.05, 0) is 18.0 Å². The lowest BCUT2D eigenvalue weighted by Gasteiger charge is -2.09. The van der Waals surface area contributed by atoms with Crippen LogP contribution < -0.4 is 5.32 Å². The van der Waals surface area contributed by atoms with Crippen LogP contribution in [0.5, 0.6) is 0 Å². The molecule has 0 amide bonds. The minimum Gasteiger partial charge on any atom is -0.391 e. The van der Waals surface area contributed by atoms with Gasteiger partial charge < -0.3 is 15.2 Å². The first-order valence-corrected chi connectivity index (χ1v) is 5.80. The molecule has 2 N–H and O–H groups in total. The molecule has 7 heteroatoms. The molecule has 0 saturated carbocycles. The number of aliphatic hydroxyl groups excluding tert-OH is 1. The molecule has 1 rings (SSSR count). The maximum absolute atomic E-state index is 9.39. The quantitative estimate of drug-likeness (QED) is 0.811. The number of methoxy groups -OCH3 is 1. The third-order valence-corrected chi connectivity index (χ3v) is 3.06. The third-order valence-electron chi connectivity index (χ3n) is 1.88. The van der Waals surface area contributed by atoms with Crippen LogP contribution in [0.1, 0.15) is 12.0 Å². The molecular weight excluding hydrogens is 250 g/mol. The molecular formula is C9H12ClN3O2S. The van der Waals surface area contributed by atoms with Crippen molar-refractivity contribution in [3.8, 4) is 6.07 Å². The summed E-state index contributed by atoms with van der Waals surface area (Å²) in [5, 5.41) is 22.1. The zero-order valence-electron chi connectivity index (χ0n) is 8.73. The highest BCUT2D eigenvalue weighted by atomic mass is 35.5. The molecule has 0 aromatic carbocycles. The number of nitrogens with zero attached hydrogens (tertiary/aromatic N) is 2. The summed E-state index contributed by atoms with van der Waals surface area (Å²) in [7, 11) is 1.54. The number of hydrogen-bond acceptors (Lipinski definition) is 6. The van der Waals surface area contributed by atoms with Crippen LogP contribution in [-0.2, 0) is 4.74 Å². The lowest BCUT2D eigenvalue weighted by atomic mass is 10.2. The maximum atomic E-state index is 9.39. The fourth-order valence-corrected chi connectivity index (χ4v) is 2.08. The molecule has 0 bridgehead atoms. The Morgan fingerprint density at radius 3 is 3.12 bits per heavy atom. The summed E-state index contributed by atoms with van der Waals surface area (Å²) in [5.74, 6) is 0. The minimum atomic E-state index is -0.508. The van der Waals surface area contributed by atoms with Gasteiger partial charge in [-0.1, -0.05) is 11.6 Å². The van der Waals surface area contributed by atoms with Gasteiger partial charge in [0.1, 0.15) is 16.6 Å². The van der Waals surface area contributed by atoms with Gasteiger partial charge in [0.2, 0.25) is 0 Å². The number of nitrogens with one attached hydrogen (secondary N) is 1. The molecule has 0 spiro atoms. The van der Waals surface area contributed by atoms with Crippen molar-refractivity contribution in [2.24, 2.45) is 0 Å². The Morgan fingerprint density at radius 1 is 1.75 bits per heavy atom. The van der Waals surface area contributed by atoms with E-state index in [9.17, 15) is 5.11 Å². The molecule has 0 saturated heterocycles. The van der Waals surface area contributed by atoms with Crippen molar-refractivity contribution in [1.82, 2.24) is 4.37 Å². The van der Waals surface area contributed by atoms with Crippen LogP contribution in [0.25, 0.3) is 0 Å². The first-order valence-electron chi connectivity index (χ1n) is 4.65. The summed E-state index contributed by atoms with van der Waals surface area (Å²) < 4.78 is 8.65. The number of hydrogen-bond donors (Lipinski definition) is 2. The van der Waals surface area contributed by atoms with Crippen LogP contribution in [0.15, 0.2) is 0 Å². The van der Waals surface area contributed by atoms with Crippen molar-refractivity contribution >= 4 is 28.1 Å². The number of aromatic nitrogens is 1. The van der Waals surface area contributed by atoms with Gasteiger partial charge in [0, 0.05) is 13.7 Å². The lowest BCUT2D eigenvalue weighted by molar-refractivity contribution is 0.0615. The average Bonchev–Trinajstić information content (AvgIpc) is 2.60. The molecule has 0 radical (unpaired) electrons. The zero-order chi connectivity index (χ0) is 12.0. The van der Waals surface area contributed by atoms with Crippen LogP contribution in [-0.4, -0.2) is 35.8 Å². The van der Waals surface area contributed by atoms with Crippen LogP contribution in [0, 0.1) is 11.3 Å². The molecule has 1 heterocycles. The van der Waals surface area contributed by atoms with E-state index in [1.807, 2.05) is 6.07 Å². The molecule has 1 atom stereocenters. The minimum absolute atomic E-state index is 0.215. The van der Waals surface area contributed by atoms with E-state index in [1.54, 1.807) is 0 Å². The van der Waals surface area contributed by atoms with Gasteiger partial charge in [0.05, 0.1) is 12.7 Å². The number of halogens is 1. The molecule has 1 aromatic rings. The van der Waals surface area contributed by atoms with Crippen molar-refractivity contribution in [3.63, 3.8) is 0 Å². The first-order chi connectivity index (χ1) is 7.69. The van der Waals surface area contributed by atoms with Crippen molar-refractivity contribution in [1.29, 1.82) is 5.26 Å². The Kier molecular flexibility index (Phi) is 5.49. The van der Waals surface area contributed by atoms with Crippen LogP contribution in [0.3, 0.4) is 0 Å². The highest BCUT2D eigenvalue weighted by Crippen LogP contribution is 2.27. The summed E-state index contributed by atoms with van der Waals surface area (Å²) in [6.07, 6.45) is 0.0280. The van der Waals surface area contributed by atoms with Crippen molar-refractivity contribution in [2.45, 2.75) is 12.5 Å². The van der Waals surface area contributed by atoms with E-state index in [0.717, 1.165) is 11.5 Å². The van der Waals surface area contributed by atoms with Crippen LogP contribution in [0.4, 0.5) is 5.00 Å². The Balaban J connectivity index is 2.41. The van der Waals surface area contributed by atoms with Gasteiger partial charge in [0.25, 0.3) is 0 Å². The summed E-state index contributed by atoms with van der Waals surface area (Å²) in [6.45, 7) is 0.841. The molecule has 88 valence electrons. The first kappa shape index (κ1) is 13.2. The second kappa shape index (κ2) is 6.66. The molecule has 0 aliphatic heterocycles. The fourth-order valence-electron chi connectivity index (χ4n) is 1.12. The molecule has 1 unspecified atom stereocenters. The molecule has 0 fully saturated rings. The monoisotopic (exact) mass is 261 g/mol. The van der Waals surface area contributed by atoms with Gasteiger partial charge in [-0.25, -0.2) is 0 Å². The highest BCUT2D eigenvalue weighted by molar-refractivity contribution is 7.10. The van der Waals surface area contributed by atoms with Gasteiger partial charge in [-0.15, -0.1) is 0 Å². The molecule has 0 aliphatic carbocycles. The number of aliphatic hydroxyl groups is 1. The summed E-state index contributed by atoms with van der Waals surface area (Å²) in [5.41, 5.74) is 0.355. The summed E-state index contributed by atoms with van der Waals surface area (Å²) >= 11 is 6.84. The topological polar surface area (TPSA) is 78.2 Å². The average molecular weight is 262 g/mol. The van der Waals surface area contributed by atoms with Crippen LogP contribution >= 0.6 is 23.1 Å². The normalized spacial score (nSPS) is 12.1. The number of anilines is 1. The smallest absolute Gasteiger partial charge is 0.162 e. The Bertz CT molecular complexity index is 377. The molecule has 0 aliphatic rings. The second-order valence-electron chi connectivity index (χ2n) is 3.11.